The molecule has 0 saturated carbocycles. The van der Waals surface area contributed by atoms with E-state index >= 15 is 0 Å². The van der Waals surface area contributed by atoms with E-state index in [0.717, 1.165) is 19.4 Å². The molecule has 82 valence electrons. The molecule has 15 heavy (non-hydrogen) atoms. The second kappa shape index (κ2) is 3.61. The molecular weight excluding hydrogens is 190 g/mol. The van der Waals surface area contributed by atoms with E-state index in [4.69, 9.17) is 10.3 Å². The van der Waals surface area contributed by atoms with Gasteiger partial charge in [-0.2, -0.15) is 0 Å². The lowest BCUT2D eigenvalue weighted by Gasteiger charge is -2.37. The molecular formula is C11H17N3O. The van der Waals surface area contributed by atoms with Crippen LogP contribution in [-0.4, -0.2) is 28.2 Å². The Morgan fingerprint density at radius 3 is 2.73 bits per heavy atom. The van der Waals surface area contributed by atoms with Gasteiger partial charge in [-0.15, -0.1) is 0 Å². The van der Waals surface area contributed by atoms with Crippen LogP contribution in [0.2, 0.25) is 0 Å². The Morgan fingerprint density at radius 1 is 1.40 bits per heavy atom. The highest BCUT2D eigenvalue weighted by Gasteiger charge is 2.39. The largest absolute Gasteiger partial charge is 0.364 e. The minimum absolute atomic E-state index is 0.418. The Labute approximate surface area is 89.4 Å². The predicted molar refractivity (Wildman–Crippen MR) is 56.1 cm³/mol. The van der Waals surface area contributed by atoms with Crippen molar-refractivity contribution in [2.24, 2.45) is 5.73 Å². The van der Waals surface area contributed by atoms with Crippen LogP contribution in [0.4, 0.5) is 0 Å². The van der Waals surface area contributed by atoms with Gasteiger partial charge in [0.05, 0.1) is 6.20 Å². The summed E-state index contributed by atoms with van der Waals surface area (Å²) in [4.78, 5) is 2.58. The fourth-order valence-electron chi connectivity index (χ4n) is 3.09. The van der Waals surface area contributed by atoms with E-state index in [0.29, 0.717) is 18.1 Å². The van der Waals surface area contributed by atoms with E-state index in [-0.39, 0.29) is 0 Å². The third kappa shape index (κ3) is 1.68. The average molecular weight is 207 g/mol. The summed E-state index contributed by atoms with van der Waals surface area (Å²) in [7, 11) is 0. The van der Waals surface area contributed by atoms with Crippen molar-refractivity contribution < 1.29 is 4.52 Å². The second-order valence-electron chi connectivity index (χ2n) is 4.82. The van der Waals surface area contributed by atoms with Crippen LogP contribution in [0.15, 0.2) is 17.0 Å². The molecule has 2 saturated heterocycles. The van der Waals surface area contributed by atoms with E-state index < -0.39 is 0 Å². The molecule has 2 N–H and O–H groups in total. The Balaban J connectivity index is 1.72. The zero-order valence-electron chi connectivity index (χ0n) is 8.80. The third-order valence-corrected chi connectivity index (χ3v) is 3.77. The van der Waals surface area contributed by atoms with Gasteiger partial charge in [-0.05, 0) is 25.7 Å². The molecule has 2 fully saturated rings. The van der Waals surface area contributed by atoms with Crippen LogP contribution in [0.25, 0.3) is 0 Å². The Hall–Kier alpha value is -0.870. The summed E-state index contributed by atoms with van der Waals surface area (Å²) >= 11 is 0. The summed E-state index contributed by atoms with van der Waals surface area (Å²) < 4.78 is 4.87. The van der Waals surface area contributed by atoms with Gasteiger partial charge >= 0.3 is 0 Å². The summed E-state index contributed by atoms with van der Waals surface area (Å²) in [6.07, 6.45) is 8.48. The number of hydrogen-bond acceptors (Lipinski definition) is 4. The van der Waals surface area contributed by atoms with Crippen LogP contribution in [0, 0.1) is 0 Å². The van der Waals surface area contributed by atoms with Gasteiger partial charge in [-0.1, -0.05) is 5.16 Å². The summed E-state index contributed by atoms with van der Waals surface area (Å²) in [6.45, 7) is 0.978. The van der Waals surface area contributed by atoms with E-state index in [9.17, 15) is 0 Å². The topological polar surface area (TPSA) is 55.3 Å². The van der Waals surface area contributed by atoms with Gasteiger partial charge in [0, 0.05) is 30.2 Å². The lowest BCUT2D eigenvalue weighted by atomic mass is 9.98. The summed E-state index contributed by atoms with van der Waals surface area (Å²) in [5.41, 5.74) is 7.22. The first-order chi connectivity index (χ1) is 7.33. The fourth-order valence-corrected chi connectivity index (χ4v) is 3.09. The molecule has 3 heterocycles. The molecule has 2 unspecified atom stereocenters. The van der Waals surface area contributed by atoms with Crippen molar-refractivity contribution in [3.05, 3.63) is 18.0 Å². The van der Waals surface area contributed by atoms with Crippen LogP contribution in [-0.2, 0) is 6.54 Å². The molecule has 1 aromatic heterocycles. The van der Waals surface area contributed by atoms with Gasteiger partial charge in [0.25, 0.3) is 0 Å². The van der Waals surface area contributed by atoms with Gasteiger partial charge in [0.15, 0.2) is 0 Å². The fraction of sp³-hybridized carbons (Fsp3) is 0.727. The van der Waals surface area contributed by atoms with Crippen molar-refractivity contribution >= 4 is 0 Å². The first-order valence-electron chi connectivity index (χ1n) is 5.72. The first kappa shape index (κ1) is 9.36. The summed E-state index contributed by atoms with van der Waals surface area (Å²) in [6, 6.07) is 1.79. The van der Waals surface area contributed by atoms with Crippen molar-refractivity contribution in [3.63, 3.8) is 0 Å². The van der Waals surface area contributed by atoms with E-state index in [1.54, 1.807) is 6.26 Å². The highest BCUT2D eigenvalue weighted by Crippen LogP contribution is 2.35. The molecule has 1 aromatic rings. The number of nitrogens with two attached hydrogens (primary N) is 1. The van der Waals surface area contributed by atoms with Crippen LogP contribution >= 0.6 is 0 Å². The first-order valence-corrected chi connectivity index (χ1v) is 5.72. The van der Waals surface area contributed by atoms with E-state index in [2.05, 4.69) is 10.1 Å². The van der Waals surface area contributed by atoms with Crippen LogP contribution < -0.4 is 5.73 Å². The molecule has 4 heteroatoms. The monoisotopic (exact) mass is 207 g/mol. The summed E-state index contributed by atoms with van der Waals surface area (Å²) in [5, 5.41) is 3.75. The van der Waals surface area contributed by atoms with Gasteiger partial charge < -0.3 is 10.3 Å². The predicted octanol–water partition coefficient (Wildman–Crippen LogP) is 1.13. The molecule has 2 atom stereocenters. The minimum Gasteiger partial charge on any atom is -0.364 e. The standard InChI is InChI=1S/C11H17N3O/c12-9-3-10-1-2-11(4-9)14(10)6-8-5-13-15-7-8/h5,7,9-11H,1-4,6,12H2. The number of hydrogen-bond donors (Lipinski definition) is 1. The number of fused-ring (bicyclic) bond motifs is 2. The molecule has 0 radical (unpaired) electrons. The number of piperidine rings is 1. The minimum atomic E-state index is 0.418. The van der Waals surface area contributed by atoms with Gasteiger partial charge in [-0.3, -0.25) is 4.90 Å². The SMILES string of the molecule is NC1CC2CCC(C1)N2Cc1cnoc1. The van der Waals surface area contributed by atoms with E-state index in [1.165, 1.54) is 18.4 Å². The van der Waals surface area contributed by atoms with Gasteiger partial charge in [-0.25, -0.2) is 0 Å². The average Bonchev–Trinajstić information content (AvgIpc) is 2.77. The number of rotatable bonds is 2. The highest BCUT2D eigenvalue weighted by atomic mass is 16.5. The zero-order valence-corrected chi connectivity index (χ0v) is 8.80. The Kier molecular flexibility index (Phi) is 2.25. The molecule has 3 rings (SSSR count). The molecule has 4 nitrogen and oxygen atoms in total. The highest BCUT2D eigenvalue weighted by molar-refractivity contribution is 5.05. The maximum Gasteiger partial charge on any atom is 0.128 e. The molecule has 0 spiro atoms. The van der Waals surface area contributed by atoms with Crippen molar-refractivity contribution in [2.45, 2.75) is 50.4 Å². The maximum absolute atomic E-state index is 6.03. The van der Waals surface area contributed by atoms with Gasteiger partial charge in [0.1, 0.15) is 6.26 Å². The van der Waals surface area contributed by atoms with Crippen molar-refractivity contribution in [1.82, 2.24) is 10.1 Å². The smallest absolute Gasteiger partial charge is 0.128 e. The second-order valence-corrected chi connectivity index (χ2v) is 4.82. The lowest BCUT2D eigenvalue weighted by Crippen LogP contribution is -2.46. The van der Waals surface area contributed by atoms with Crippen LogP contribution in [0.1, 0.15) is 31.2 Å². The normalized spacial score (nSPS) is 35.9. The van der Waals surface area contributed by atoms with Crippen LogP contribution in [0.5, 0.6) is 0 Å². The number of aromatic nitrogens is 1. The number of nitrogens with zero attached hydrogens (tertiary/aromatic N) is 2. The molecule has 2 aliphatic rings. The Morgan fingerprint density at radius 2 is 2.13 bits per heavy atom. The van der Waals surface area contributed by atoms with Crippen molar-refractivity contribution in [3.8, 4) is 0 Å². The van der Waals surface area contributed by atoms with Crippen molar-refractivity contribution in [1.29, 1.82) is 0 Å². The molecule has 2 aliphatic heterocycles. The van der Waals surface area contributed by atoms with Crippen molar-refractivity contribution in [2.75, 3.05) is 0 Å². The van der Waals surface area contributed by atoms with Crippen LogP contribution in [0.3, 0.4) is 0 Å². The summed E-state index contributed by atoms with van der Waals surface area (Å²) in [5.74, 6) is 0. The zero-order chi connectivity index (χ0) is 10.3. The maximum atomic E-state index is 6.03. The lowest BCUT2D eigenvalue weighted by molar-refractivity contribution is 0.119. The quantitative estimate of drug-likeness (QED) is 0.789. The Bertz CT molecular complexity index is 311. The van der Waals surface area contributed by atoms with E-state index in [1.807, 2.05) is 6.20 Å². The third-order valence-electron chi connectivity index (χ3n) is 3.77. The van der Waals surface area contributed by atoms with Gasteiger partial charge in [0.2, 0.25) is 0 Å². The molecule has 0 aromatic carbocycles. The molecule has 0 amide bonds. The molecule has 0 aliphatic carbocycles. The molecule has 2 bridgehead atoms.